The van der Waals surface area contributed by atoms with Crippen LogP contribution in [-0.2, 0) is 9.47 Å². The van der Waals surface area contributed by atoms with Crippen LogP contribution in [0.5, 0.6) is 0 Å². The minimum atomic E-state index is -3.31. The van der Waals surface area contributed by atoms with E-state index in [1.165, 1.54) is 24.3 Å². The van der Waals surface area contributed by atoms with Crippen molar-refractivity contribution in [3.8, 4) is 0 Å². The van der Waals surface area contributed by atoms with E-state index < -0.39 is 30.6 Å². The Bertz CT molecular complexity index is 518. The zero-order valence-corrected chi connectivity index (χ0v) is 9.98. The van der Waals surface area contributed by atoms with Crippen molar-refractivity contribution in [2.24, 2.45) is 0 Å². The Kier molecular flexibility index (Phi) is 3.37. The number of carbonyl (C=O) groups is 2. The Balaban J connectivity index is 2.45. The quantitative estimate of drug-likeness (QED) is 0.834. The zero-order valence-electron chi connectivity index (χ0n) is 9.98. The number of esters is 1. The fraction of sp³-hybridized carbons (Fsp3) is 0.333. The number of amides is 1. The lowest BCUT2D eigenvalue weighted by Crippen LogP contribution is -2.50. The SMILES string of the molecule is COC(=O)c1ccccc1[C@@H]1NC(=O)OCC1(F)F. The average Bonchev–Trinajstić information content (AvgIpc) is 2.41. The highest BCUT2D eigenvalue weighted by molar-refractivity contribution is 5.91. The number of methoxy groups -OCH3 is 1. The summed E-state index contributed by atoms with van der Waals surface area (Å²) >= 11 is 0. The largest absolute Gasteiger partial charge is 0.465 e. The third-order valence-electron chi connectivity index (χ3n) is 2.76. The third kappa shape index (κ3) is 2.49. The lowest BCUT2D eigenvalue weighted by atomic mass is 9.95. The molecule has 1 fully saturated rings. The molecule has 19 heavy (non-hydrogen) atoms. The van der Waals surface area contributed by atoms with E-state index in [4.69, 9.17) is 0 Å². The molecule has 0 spiro atoms. The van der Waals surface area contributed by atoms with Gasteiger partial charge in [-0.25, -0.2) is 18.4 Å². The van der Waals surface area contributed by atoms with E-state index in [1.807, 2.05) is 5.32 Å². The van der Waals surface area contributed by atoms with Crippen molar-refractivity contribution < 1.29 is 27.8 Å². The summed E-state index contributed by atoms with van der Waals surface area (Å²) in [5.41, 5.74) is -0.0205. The van der Waals surface area contributed by atoms with Gasteiger partial charge in [0.05, 0.1) is 12.7 Å². The Labute approximate surface area is 107 Å². The predicted octanol–water partition coefficient (Wildman–Crippen LogP) is 1.89. The van der Waals surface area contributed by atoms with Gasteiger partial charge in [-0.15, -0.1) is 0 Å². The number of nitrogens with one attached hydrogen (secondary N) is 1. The van der Waals surface area contributed by atoms with Crippen LogP contribution in [0, 0.1) is 0 Å². The van der Waals surface area contributed by atoms with Gasteiger partial charge in [0.25, 0.3) is 0 Å². The Morgan fingerprint density at radius 3 is 2.84 bits per heavy atom. The van der Waals surface area contributed by atoms with Gasteiger partial charge in [0.2, 0.25) is 0 Å². The number of alkyl halides is 2. The summed E-state index contributed by atoms with van der Waals surface area (Å²) in [5.74, 6) is -4.05. The number of halogens is 2. The lowest BCUT2D eigenvalue weighted by molar-refractivity contribution is -0.104. The van der Waals surface area contributed by atoms with Crippen LogP contribution in [0.1, 0.15) is 22.0 Å². The summed E-state index contributed by atoms with van der Waals surface area (Å²) in [7, 11) is 1.15. The summed E-state index contributed by atoms with van der Waals surface area (Å²) < 4.78 is 36.4. The first-order valence-electron chi connectivity index (χ1n) is 5.44. The average molecular weight is 271 g/mol. The van der Waals surface area contributed by atoms with Crippen LogP contribution in [0.4, 0.5) is 13.6 Å². The van der Waals surface area contributed by atoms with Crippen molar-refractivity contribution in [2.45, 2.75) is 12.0 Å². The van der Waals surface area contributed by atoms with E-state index in [-0.39, 0.29) is 11.1 Å². The Morgan fingerprint density at radius 2 is 2.16 bits per heavy atom. The third-order valence-corrected chi connectivity index (χ3v) is 2.76. The second kappa shape index (κ2) is 4.83. The van der Waals surface area contributed by atoms with Gasteiger partial charge in [0.1, 0.15) is 6.04 Å². The summed E-state index contributed by atoms with van der Waals surface area (Å²) in [6.45, 7) is -1.03. The van der Waals surface area contributed by atoms with Crippen LogP contribution in [-0.4, -0.2) is 31.7 Å². The van der Waals surface area contributed by atoms with Crippen LogP contribution >= 0.6 is 0 Å². The van der Waals surface area contributed by atoms with Crippen LogP contribution < -0.4 is 5.32 Å². The number of hydrogen-bond acceptors (Lipinski definition) is 4. The molecule has 0 unspecified atom stereocenters. The van der Waals surface area contributed by atoms with Gasteiger partial charge in [-0.2, -0.15) is 0 Å². The normalized spacial score (nSPS) is 21.2. The fourth-order valence-electron chi connectivity index (χ4n) is 1.86. The maximum absolute atomic E-state index is 13.8. The molecule has 1 aliphatic heterocycles. The molecule has 1 amide bonds. The van der Waals surface area contributed by atoms with Crippen molar-refractivity contribution in [1.29, 1.82) is 0 Å². The fourth-order valence-corrected chi connectivity index (χ4v) is 1.86. The molecular weight excluding hydrogens is 260 g/mol. The second-order valence-electron chi connectivity index (χ2n) is 3.99. The maximum atomic E-state index is 13.8. The van der Waals surface area contributed by atoms with E-state index in [0.717, 1.165) is 7.11 Å². The van der Waals surface area contributed by atoms with Gasteiger partial charge < -0.3 is 14.8 Å². The van der Waals surface area contributed by atoms with E-state index in [9.17, 15) is 18.4 Å². The molecule has 0 bridgehead atoms. The lowest BCUT2D eigenvalue weighted by Gasteiger charge is -2.32. The van der Waals surface area contributed by atoms with E-state index in [2.05, 4.69) is 9.47 Å². The summed E-state index contributed by atoms with van der Waals surface area (Å²) in [4.78, 5) is 22.7. The molecule has 1 atom stereocenters. The van der Waals surface area contributed by atoms with Gasteiger partial charge in [-0.05, 0) is 11.6 Å². The molecule has 1 saturated heterocycles. The molecule has 1 N–H and O–H groups in total. The van der Waals surface area contributed by atoms with Crippen molar-refractivity contribution >= 4 is 12.1 Å². The molecule has 1 aliphatic rings. The number of ether oxygens (including phenoxy) is 2. The van der Waals surface area contributed by atoms with Crippen LogP contribution in [0.15, 0.2) is 24.3 Å². The van der Waals surface area contributed by atoms with Gasteiger partial charge in [-0.3, -0.25) is 0 Å². The summed E-state index contributed by atoms with van der Waals surface area (Å²) in [6.07, 6.45) is -0.949. The number of carbonyl (C=O) groups excluding carboxylic acids is 2. The maximum Gasteiger partial charge on any atom is 0.408 e. The van der Waals surface area contributed by atoms with Crippen molar-refractivity contribution in [3.05, 3.63) is 35.4 Å². The number of hydrogen-bond donors (Lipinski definition) is 1. The molecule has 0 saturated carbocycles. The van der Waals surface area contributed by atoms with Crippen molar-refractivity contribution in [3.63, 3.8) is 0 Å². The first kappa shape index (κ1) is 13.3. The molecule has 1 aromatic rings. The second-order valence-corrected chi connectivity index (χ2v) is 3.99. The molecule has 0 aromatic heterocycles. The predicted molar refractivity (Wildman–Crippen MR) is 60.0 cm³/mol. The monoisotopic (exact) mass is 271 g/mol. The molecular formula is C12H11F2NO4. The molecule has 2 rings (SSSR count). The molecule has 1 heterocycles. The van der Waals surface area contributed by atoms with Gasteiger partial charge in [-0.1, -0.05) is 18.2 Å². The topological polar surface area (TPSA) is 64.6 Å². The van der Waals surface area contributed by atoms with Crippen LogP contribution in [0.2, 0.25) is 0 Å². The number of benzene rings is 1. The number of rotatable bonds is 2. The van der Waals surface area contributed by atoms with Crippen molar-refractivity contribution in [1.82, 2.24) is 5.32 Å². The summed E-state index contributed by atoms with van der Waals surface area (Å²) in [6, 6.07) is 4.10. The molecule has 5 nitrogen and oxygen atoms in total. The van der Waals surface area contributed by atoms with E-state index in [1.54, 1.807) is 0 Å². The Hall–Kier alpha value is -2.18. The van der Waals surface area contributed by atoms with E-state index in [0.29, 0.717) is 0 Å². The molecule has 102 valence electrons. The van der Waals surface area contributed by atoms with E-state index >= 15 is 0 Å². The molecule has 0 aliphatic carbocycles. The number of alkyl carbamates (subject to hydrolysis) is 1. The molecule has 7 heteroatoms. The highest BCUT2D eigenvalue weighted by Crippen LogP contribution is 2.36. The minimum absolute atomic E-state index is 0.00370. The van der Waals surface area contributed by atoms with Gasteiger partial charge >= 0.3 is 18.0 Å². The first-order chi connectivity index (χ1) is 8.95. The van der Waals surface area contributed by atoms with Crippen molar-refractivity contribution in [2.75, 3.05) is 13.7 Å². The smallest absolute Gasteiger partial charge is 0.408 e. The molecule has 1 aromatic carbocycles. The number of cyclic esters (lactones) is 1. The van der Waals surface area contributed by atoms with Gasteiger partial charge in [0.15, 0.2) is 6.61 Å². The standard InChI is InChI=1S/C12H11F2NO4/c1-18-10(16)8-5-3-2-4-7(8)9-12(13,14)6-19-11(17)15-9/h2-5,9H,6H2,1H3,(H,15,17)/t9-/m0/s1. The zero-order chi connectivity index (χ0) is 14.0. The van der Waals surface area contributed by atoms with Crippen LogP contribution in [0.3, 0.4) is 0 Å². The Morgan fingerprint density at radius 1 is 1.47 bits per heavy atom. The summed E-state index contributed by atoms with van der Waals surface area (Å²) in [5, 5.41) is 2.02. The minimum Gasteiger partial charge on any atom is -0.465 e. The highest BCUT2D eigenvalue weighted by atomic mass is 19.3. The highest BCUT2D eigenvalue weighted by Gasteiger charge is 2.47. The van der Waals surface area contributed by atoms with Crippen LogP contribution in [0.25, 0.3) is 0 Å². The van der Waals surface area contributed by atoms with Gasteiger partial charge in [0, 0.05) is 0 Å². The first-order valence-corrected chi connectivity index (χ1v) is 5.44. The molecule has 0 radical (unpaired) electrons.